The van der Waals surface area contributed by atoms with Crippen LogP contribution < -0.4 is 0 Å². The number of benzene rings is 1. The highest BCUT2D eigenvalue weighted by Gasteiger charge is 2.44. The third-order valence-electron chi connectivity index (χ3n) is 5.64. The zero-order chi connectivity index (χ0) is 21.2. The summed E-state index contributed by atoms with van der Waals surface area (Å²) in [5.74, 6) is 0.684. The number of carbonyl (C=O) groups excluding carboxylic acids is 1. The van der Waals surface area contributed by atoms with Crippen LogP contribution in [-0.2, 0) is 16.1 Å². The van der Waals surface area contributed by atoms with E-state index in [2.05, 4.69) is 0 Å². The second-order valence-electron chi connectivity index (χ2n) is 9.07. The predicted octanol–water partition coefficient (Wildman–Crippen LogP) is 5.49. The van der Waals surface area contributed by atoms with Crippen LogP contribution in [0.25, 0.3) is 0 Å². The van der Waals surface area contributed by atoms with E-state index in [1.54, 1.807) is 11.2 Å². The van der Waals surface area contributed by atoms with E-state index in [1.165, 1.54) is 12.1 Å². The molecule has 2 unspecified atom stereocenters. The van der Waals surface area contributed by atoms with Gasteiger partial charge in [-0.15, -0.1) is 11.8 Å². The molecule has 4 nitrogen and oxygen atoms in total. The molecule has 1 saturated heterocycles. The van der Waals surface area contributed by atoms with Crippen LogP contribution >= 0.6 is 11.8 Å². The highest BCUT2D eigenvalue weighted by atomic mass is 32.2. The predicted molar refractivity (Wildman–Crippen MR) is 110 cm³/mol. The zero-order valence-electron chi connectivity index (χ0n) is 17.7. The molecule has 1 aromatic carbocycles. The molecule has 3 rings (SSSR count). The van der Waals surface area contributed by atoms with Crippen molar-refractivity contribution >= 4 is 17.9 Å². The van der Waals surface area contributed by atoms with E-state index in [0.717, 1.165) is 44.1 Å². The summed E-state index contributed by atoms with van der Waals surface area (Å²) < 4.78 is 38.9. The lowest BCUT2D eigenvalue weighted by Gasteiger charge is -2.33. The van der Waals surface area contributed by atoms with Crippen molar-refractivity contribution in [1.82, 2.24) is 4.90 Å². The van der Waals surface area contributed by atoms with Gasteiger partial charge in [0, 0.05) is 13.1 Å². The van der Waals surface area contributed by atoms with Crippen molar-refractivity contribution in [3.8, 4) is 0 Å². The van der Waals surface area contributed by atoms with Crippen LogP contribution in [0.15, 0.2) is 17.0 Å². The molecule has 0 aromatic heterocycles. The van der Waals surface area contributed by atoms with Gasteiger partial charge in [0.2, 0.25) is 0 Å². The summed E-state index contributed by atoms with van der Waals surface area (Å²) in [4.78, 5) is 14.0. The lowest BCUT2D eigenvalue weighted by molar-refractivity contribution is 0.0170. The summed E-state index contributed by atoms with van der Waals surface area (Å²) in [5.41, 5.74) is 0.0645. The average molecular weight is 428 g/mol. The first-order chi connectivity index (χ1) is 13.7. The molecule has 0 radical (unpaired) electrons. The maximum absolute atomic E-state index is 13.8. The zero-order valence-corrected chi connectivity index (χ0v) is 18.5. The van der Waals surface area contributed by atoms with Crippen molar-refractivity contribution < 1.29 is 23.0 Å². The molecule has 1 aliphatic heterocycles. The van der Waals surface area contributed by atoms with Crippen molar-refractivity contribution in [1.29, 1.82) is 0 Å². The number of hydrogen-bond donors (Lipinski definition) is 0. The van der Waals surface area contributed by atoms with Gasteiger partial charge in [0.15, 0.2) is 0 Å². The number of carbonyl (C=O) groups is 1. The number of amides is 1. The number of hydrogen-bond acceptors (Lipinski definition) is 4. The van der Waals surface area contributed by atoms with E-state index >= 15 is 0 Å². The molecule has 1 aromatic rings. The van der Waals surface area contributed by atoms with Crippen LogP contribution in [0, 0.1) is 29.4 Å². The SMILES string of the molecule is CSc1c(F)cc(COCC2CC2C2CCN(C(=O)OC(C)(C)C)CC2)cc1F. The molecule has 162 valence electrons. The van der Waals surface area contributed by atoms with E-state index < -0.39 is 17.2 Å². The van der Waals surface area contributed by atoms with Crippen molar-refractivity contribution in [2.24, 2.45) is 17.8 Å². The van der Waals surface area contributed by atoms with E-state index in [-0.39, 0.29) is 17.6 Å². The van der Waals surface area contributed by atoms with E-state index in [4.69, 9.17) is 9.47 Å². The second kappa shape index (κ2) is 9.21. The van der Waals surface area contributed by atoms with Crippen LogP contribution in [0.4, 0.5) is 13.6 Å². The van der Waals surface area contributed by atoms with Gasteiger partial charge in [0.1, 0.15) is 17.2 Å². The minimum absolute atomic E-state index is 0.0498. The monoisotopic (exact) mass is 427 g/mol. The molecule has 0 bridgehead atoms. The molecule has 2 aliphatic rings. The van der Waals surface area contributed by atoms with Crippen LogP contribution in [-0.4, -0.2) is 42.5 Å². The Hall–Kier alpha value is -1.34. The molecule has 1 aliphatic carbocycles. The molecule has 0 spiro atoms. The highest BCUT2D eigenvalue weighted by Crippen LogP contribution is 2.48. The Bertz CT molecular complexity index is 706. The molecular formula is C22H31F2NO3S. The number of piperidine rings is 1. The van der Waals surface area contributed by atoms with E-state index in [9.17, 15) is 13.6 Å². The first-order valence-corrected chi connectivity index (χ1v) is 11.5. The van der Waals surface area contributed by atoms with Crippen molar-refractivity contribution in [3.05, 3.63) is 29.3 Å². The number of halogens is 2. The third kappa shape index (κ3) is 6.07. The van der Waals surface area contributed by atoms with Crippen LogP contribution in [0.2, 0.25) is 0 Å². The first-order valence-electron chi connectivity index (χ1n) is 10.3. The summed E-state index contributed by atoms with van der Waals surface area (Å²) in [6, 6.07) is 2.71. The lowest BCUT2D eigenvalue weighted by atomic mass is 9.91. The Morgan fingerprint density at radius 3 is 2.38 bits per heavy atom. The minimum Gasteiger partial charge on any atom is -0.444 e. The summed E-state index contributed by atoms with van der Waals surface area (Å²) in [5, 5.41) is 0. The first kappa shape index (κ1) is 22.3. The fourth-order valence-corrected chi connectivity index (χ4v) is 4.60. The molecule has 7 heteroatoms. The standard InChI is InChI=1S/C22H31F2NO3S/c1-22(2,3)28-21(26)25-7-5-15(6-8-25)17-11-16(17)13-27-12-14-9-18(23)20(29-4)19(24)10-14/h9-10,15-17H,5-8,11-13H2,1-4H3. The molecule has 2 atom stereocenters. The van der Waals surface area contributed by atoms with Gasteiger partial charge < -0.3 is 14.4 Å². The number of likely N-dealkylation sites (tertiary alicyclic amines) is 1. The molecular weight excluding hydrogens is 396 g/mol. The maximum Gasteiger partial charge on any atom is 0.410 e. The van der Waals surface area contributed by atoms with Gasteiger partial charge in [-0.1, -0.05) is 0 Å². The number of rotatable bonds is 6. The van der Waals surface area contributed by atoms with E-state index in [1.807, 2.05) is 20.8 Å². The van der Waals surface area contributed by atoms with Gasteiger partial charge in [-0.2, -0.15) is 0 Å². The molecule has 1 heterocycles. The molecule has 29 heavy (non-hydrogen) atoms. The average Bonchev–Trinajstić information content (AvgIpc) is 3.40. The van der Waals surface area contributed by atoms with Gasteiger partial charge >= 0.3 is 6.09 Å². The van der Waals surface area contributed by atoms with Gasteiger partial charge in [0.25, 0.3) is 0 Å². The van der Waals surface area contributed by atoms with Crippen molar-refractivity contribution in [2.45, 2.75) is 57.1 Å². The maximum atomic E-state index is 13.8. The van der Waals surface area contributed by atoms with Gasteiger partial charge in [-0.3, -0.25) is 0 Å². The Balaban J connectivity index is 1.38. The normalized spacial score (nSPS) is 22.6. The Morgan fingerprint density at radius 2 is 1.83 bits per heavy atom. The van der Waals surface area contributed by atoms with Crippen molar-refractivity contribution in [2.75, 3.05) is 26.0 Å². The van der Waals surface area contributed by atoms with Crippen LogP contribution in [0.5, 0.6) is 0 Å². The smallest absolute Gasteiger partial charge is 0.410 e. The molecule has 1 amide bonds. The molecule has 2 fully saturated rings. The highest BCUT2D eigenvalue weighted by molar-refractivity contribution is 7.98. The summed E-state index contributed by atoms with van der Waals surface area (Å²) >= 11 is 1.07. The second-order valence-corrected chi connectivity index (χ2v) is 9.89. The Labute approximate surface area is 176 Å². The Kier molecular flexibility index (Phi) is 7.10. The topological polar surface area (TPSA) is 38.8 Å². The number of ether oxygens (including phenoxy) is 2. The molecule has 1 saturated carbocycles. The van der Waals surface area contributed by atoms with E-state index in [0.29, 0.717) is 29.9 Å². The van der Waals surface area contributed by atoms with Gasteiger partial charge in [0.05, 0.1) is 18.1 Å². The van der Waals surface area contributed by atoms with Crippen LogP contribution in [0.3, 0.4) is 0 Å². The van der Waals surface area contributed by atoms with Gasteiger partial charge in [-0.05, 0) is 81.7 Å². The quantitative estimate of drug-likeness (QED) is 0.563. The Morgan fingerprint density at radius 1 is 1.21 bits per heavy atom. The largest absolute Gasteiger partial charge is 0.444 e. The minimum atomic E-state index is -0.530. The summed E-state index contributed by atoms with van der Waals surface area (Å²) in [6.07, 6.45) is 4.55. The summed E-state index contributed by atoms with van der Waals surface area (Å²) in [7, 11) is 0. The fourth-order valence-electron chi connectivity index (χ4n) is 4.10. The van der Waals surface area contributed by atoms with Crippen LogP contribution in [0.1, 0.15) is 45.6 Å². The van der Waals surface area contributed by atoms with Crippen molar-refractivity contribution in [3.63, 3.8) is 0 Å². The fraction of sp³-hybridized carbons (Fsp3) is 0.682. The molecule has 0 N–H and O–H groups in total. The number of thioether (sulfide) groups is 1. The number of nitrogens with zero attached hydrogens (tertiary/aromatic N) is 1. The summed E-state index contributed by atoms with van der Waals surface area (Å²) in [6.45, 7) is 7.96. The lowest BCUT2D eigenvalue weighted by Crippen LogP contribution is -2.42. The third-order valence-corrected chi connectivity index (χ3v) is 6.44. The van der Waals surface area contributed by atoms with Gasteiger partial charge in [-0.25, -0.2) is 13.6 Å².